The first-order valence-corrected chi connectivity index (χ1v) is 4.14. The number of halogens is 1. The van der Waals surface area contributed by atoms with Crippen molar-refractivity contribution in [2.75, 3.05) is 0 Å². The average Bonchev–Trinajstić information content (AvgIpc) is 2.52. The van der Waals surface area contributed by atoms with Gasteiger partial charge in [-0.05, 0) is 13.0 Å². The maximum Gasteiger partial charge on any atom is 0.232 e. The second kappa shape index (κ2) is 4.54. The Balaban J connectivity index is 0.000000980. The number of pyridine rings is 1. The van der Waals surface area contributed by atoms with Crippen LogP contribution >= 0.6 is 0 Å². The minimum Gasteiger partial charge on any atom is -1.00 e. The molecule has 3 nitrogen and oxygen atoms in total. The Hall–Kier alpha value is -0.910. The Morgan fingerprint density at radius 2 is 2.21 bits per heavy atom. The molecule has 2 rings (SSSR count). The van der Waals surface area contributed by atoms with Gasteiger partial charge in [0.05, 0.1) is 6.20 Å². The molecule has 0 atom stereocenters. The molecule has 2 aromatic heterocycles. The molecule has 0 aliphatic carbocycles. The van der Waals surface area contributed by atoms with Gasteiger partial charge in [0.15, 0.2) is 12.4 Å². The van der Waals surface area contributed by atoms with Crippen LogP contribution < -0.4 is 28.5 Å². The van der Waals surface area contributed by atoms with Crippen molar-refractivity contribution in [2.24, 2.45) is 7.05 Å². The summed E-state index contributed by atoms with van der Waals surface area (Å²) < 4.78 is 7.37. The summed E-state index contributed by atoms with van der Waals surface area (Å²) in [5, 5.41) is 0. The number of aryl methyl sites for hydroxylation is 2. The molecule has 0 spiro atoms. The first kappa shape index (κ1) is 11.2. The van der Waals surface area contributed by atoms with Crippen LogP contribution in [0.3, 0.4) is 0 Å². The van der Waals surface area contributed by atoms with Crippen LogP contribution in [0.2, 0.25) is 0 Å². The summed E-state index contributed by atoms with van der Waals surface area (Å²) in [5.41, 5.74) is 0.998. The van der Waals surface area contributed by atoms with Gasteiger partial charge in [0.1, 0.15) is 18.4 Å². The molecule has 2 heterocycles. The van der Waals surface area contributed by atoms with Crippen LogP contribution in [-0.4, -0.2) is 4.98 Å². The summed E-state index contributed by atoms with van der Waals surface area (Å²) in [6.45, 7) is 1.89. The lowest BCUT2D eigenvalue weighted by molar-refractivity contribution is -0.671. The van der Waals surface area contributed by atoms with Crippen molar-refractivity contribution in [3.8, 4) is 11.5 Å². The SMILES string of the molecule is Cc1cnc(-c2ccc[n+](C)c2)o1.[I-]. The van der Waals surface area contributed by atoms with Crippen LogP contribution in [0.4, 0.5) is 0 Å². The van der Waals surface area contributed by atoms with E-state index in [0.717, 1.165) is 11.3 Å². The van der Waals surface area contributed by atoms with Crippen LogP contribution in [0.25, 0.3) is 11.5 Å². The monoisotopic (exact) mass is 302 g/mol. The van der Waals surface area contributed by atoms with Crippen LogP contribution in [0.5, 0.6) is 0 Å². The molecule has 0 saturated heterocycles. The molecule has 4 heteroatoms. The van der Waals surface area contributed by atoms with E-state index in [9.17, 15) is 0 Å². The molecule has 0 radical (unpaired) electrons. The summed E-state index contributed by atoms with van der Waals surface area (Å²) in [5.74, 6) is 1.51. The molecule has 0 aromatic carbocycles. The van der Waals surface area contributed by atoms with E-state index < -0.39 is 0 Å². The van der Waals surface area contributed by atoms with E-state index in [1.165, 1.54) is 0 Å². The van der Waals surface area contributed by atoms with Crippen molar-refractivity contribution in [3.63, 3.8) is 0 Å². The highest BCUT2D eigenvalue weighted by Crippen LogP contribution is 2.15. The first-order valence-electron chi connectivity index (χ1n) is 4.14. The third-order valence-electron chi connectivity index (χ3n) is 1.81. The third kappa shape index (κ3) is 2.31. The zero-order chi connectivity index (χ0) is 9.26. The predicted molar refractivity (Wildman–Crippen MR) is 47.9 cm³/mol. The Morgan fingerprint density at radius 3 is 2.79 bits per heavy atom. The van der Waals surface area contributed by atoms with Crippen molar-refractivity contribution < 1.29 is 33.0 Å². The molecular weight excluding hydrogens is 291 g/mol. The van der Waals surface area contributed by atoms with E-state index in [0.29, 0.717) is 5.89 Å². The molecular formula is C10H11IN2O. The summed E-state index contributed by atoms with van der Waals surface area (Å²) in [4.78, 5) is 4.15. The summed E-state index contributed by atoms with van der Waals surface area (Å²) in [6, 6.07) is 3.94. The predicted octanol–water partition coefficient (Wildman–Crippen LogP) is -1.52. The van der Waals surface area contributed by atoms with Crippen LogP contribution in [0.1, 0.15) is 5.76 Å². The molecule has 0 fully saturated rings. The van der Waals surface area contributed by atoms with Gasteiger partial charge in [0.25, 0.3) is 0 Å². The quantitative estimate of drug-likeness (QED) is 0.473. The van der Waals surface area contributed by atoms with E-state index in [2.05, 4.69) is 4.98 Å². The zero-order valence-corrected chi connectivity index (χ0v) is 10.2. The molecule has 0 unspecified atom stereocenters. The second-order valence-electron chi connectivity index (χ2n) is 3.03. The Bertz CT molecular complexity index is 426. The normalized spacial score (nSPS) is 9.57. The van der Waals surface area contributed by atoms with Crippen molar-refractivity contribution >= 4 is 0 Å². The van der Waals surface area contributed by atoms with E-state index >= 15 is 0 Å². The van der Waals surface area contributed by atoms with E-state index in [1.807, 2.05) is 43.1 Å². The van der Waals surface area contributed by atoms with Gasteiger partial charge in [0.2, 0.25) is 5.89 Å². The average molecular weight is 302 g/mol. The van der Waals surface area contributed by atoms with E-state index in [1.54, 1.807) is 6.20 Å². The Morgan fingerprint density at radius 1 is 1.43 bits per heavy atom. The summed E-state index contributed by atoms with van der Waals surface area (Å²) >= 11 is 0. The standard InChI is InChI=1S/C10H11N2O.HI/c1-8-6-11-10(13-8)9-4-3-5-12(2)7-9;/h3-7H,1-2H3;1H/q+1;/p-1. The van der Waals surface area contributed by atoms with Gasteiger partial charge in [-0.15, -0.1) is 0 Å². The van der Waals surface area contributed by atoms with Gasteiger partial charge in [0, 0.05) is 6.07 Å². The van der Waals surface area contributed by atoms with Crippen molar-refractivity contribution in [3.05, 3.63) is 36.5 Å². The van der Waals surface area contributed by atoms with Gasteiger partial charge in [-0.3, -0.25) is 0 Å². The van der Waals surface area contributed by atoms with Gasteiger partial charge in [-0.1, -0.05) is 0 Å². The first-order chi connectivity index (χ1) is 6.25. The fourth-order valence-electron chi connectivity index (χ4n) is 1.20. The van der Waals surface area contributed by atoms with Gasteiger partial charge < -0.3 is 28.4 Å². The largest absolute Gasteiger partial charge is 1.00 e. The smallest absolute Gasteiger partial charge is 0.232 e. The van der Waals surface area contributed by atoms with Gasteiger partial charge in [-0.25, -0.2) is 9.55 Å². The number of oxazole rings is 1. The van der Waals surface area contributed by atoms with Crippen LogP contribution in [-0.2, 0) is 7.05 Å². The highest BCUT2D eigenvalue weighted by Gasteiger charge is 2.06. The Labute approximate surface area is 99.8 Å². The maximum absolute atomic E-state index is 5.40. The van der Waals surface area contributed by atoms with Gasteiger partial charge >= 0.3 is 0 Å². The number of rotatable bonds is 1. The summed E-state index contributed by atoms with van der Waals surface area (Å²) in [7, 11) is 1.97. The molecule has 2 aromatic rings. The molecule has 0 amide bonds. The minimum absolute atomic E-state index is 0. The lowest BCUT2D eigenvalue weighted by Gasteiger charge is -1.91. The number of aromatic nitrogens is 2. The fraction of sp³-hybridized carbons (Fsp3) is 0.200. The molecule has 74 valence electrons. The van der Waals surface area contributed by atoms with Crippen molar-refractivity contribution in [1.29, 1.82) is 0 Å². The zero-order valence-electron chi connectivity index (χ0n) is 8.07. The molecule has 0 bridgehead atoms. The lowest BCUT2D eigenvalue weighted by atomic mass is 10.3. The highest BCUT2D eigenvalue weighted by atomic mass is 127. The fourth-order valence-corrected chi connectivity index (χ4v) is 1.20. The van der Waals surface area contributed by atoms with Crippen LogP contribution in [0.15, 0.2) is 35.1 Å². The number of hydrogen-bond donors (Lipinski definition) is 0. The molecule has 0 saturated carbocycles. The van der Waals surface area contributed by atoms with Gasteiger partial charge in [-0.2, -0.15) is 0 Å². The molecule has 14 heavy (non-hydrogen) atoms. The van der Waals surface area contributed by atoms with Crippen LogP contribution in [0, 0.1) is 6.92 Å². The molecule has 0 aliphatic rings. The van der Waals surface area contributed by atoms with E-state index in [4.69, 9.17) is 4.42 Å². The maximum atomic E-state index is 5.40. The van der Waals surface area contributed by atoms with Crippen molar-refractivity contribution in [2.45, 2.75) is 6.92 Å². The second-order valence-corrected chi connectivity index (χ2v) is 3.03. The number of hydrogen-bond acceptors (Lipinski definition) is 2. The molecule has 0 N–H and O–H groups in total. The number of nitrogens with zero attached hydrogens (tertiary/aromatic N) is 2. The van der Waals surface area contributed by atoms with E-state index in [-0.39, 0.29) is 24.0 Å². The minimum atomic E-state index is 0. The molecule has 0 aliphatic heterocycles. The Kier molecular flexibility index (Phi) is 3.62. The van der Waals surface area contributed by atoms with Crippen molar-refractivity contribution in [1.82, 2.24) is 4.98 Å². The highest BCUT2D eigenvalue weighted by molar-refractivity contribution is 5.49. The topological polar surface area (TPSA) is 29.9 Å². The lowest BCUT2D eigenvalue weighted by Crippen LogP contribution is -3.00. The summed E-state index contributed by atoms with van der Waals surface area (Å²) in [6.07, 6.45) is 5.67. The third-order valence-corrected chi connectivity index (χ3v) is 1.81.